The molecule has 1 aromatic rings. The maximum Gasteiger partial charge on any atom is 0.253 e. The van der Waals surface area contributed by atoms with E-state index in [4.69, 9.17) is 17.3 Å². The highest BCUT2D eigenvalue weighted by Gasteiger charge is 2.23. The van der Waals surface area contributed by atoms with Gasteiger partial charge in [-0.15, -0.1) is 0 Å². The van der Waals surface area contributed by atoms with E-state index in [2.05, 4.69) is 21.2 Å². The highest BCUT2D eigenvalue weighted by atomic mass is 79.9. The first-order valence-corrected chi connectivity index (χ1v) is 7.76. The van der Waals surface area contributed by atoms with Crippen molar-refractivity contribution in [2.24, 2.45) is 5.73 Å². The van der Waals surface area contributed by atoms with E-state index in [0.29, 0.717) is 10.6 Å². The van der Waals surface area contributed by atoms with Crippen LogP contribution in [0.1, 0.15) is 42.5 Å². The maximum absolute atomic E-state index is 12.3. The lowest BCUT2D eigenvalue weighted by Gasteiger charge is -2.23. The molecule has 104 valence electrons. The van der Waals surface area contributed by atoms with E-state index in [1.165, 1.54) is 6.42 Å². The Kier molecular flexibility index (Phi) is 5.25. The molecule has 0 aliphatic heterocycles. The fourth-order valence-corrected chi connectivity index (χ4v) is 3.00. The molecule has 2 rings (SSSR count). The summed E-state index contributed by atoms with van der Waals surface area (Å²) in [6.07, 6.45) is 5.36. The predicted octanol–water partition coefficient (Wildman–Crippen LogP) is 3.49. The molecule has 0 bridgehead atoms. The minimum absolute atomic E-state index is 0.0392. The molecule has 0 spiro atoms. The summed E-state index contributed by atoms with van der Waals surface area (Å²) in [7, 11) is 0. The van der Waals surface area contributed by atoms with Crippen LogP contribution in [0.25, 0.3) is 0 Å². The van der Waals surface area contributed by atoms with Crippen LogP contribution in [0.3, 0.4) is 0 Å². The van der Waals surface area contributed by atoms with Gasteiger partial charge in [0.05, 0.1) is 10.6 Å². The zero-order valence-corrected chi connectivity index (χ0v) is 13.0. The van der Waals surface area contributed by atoms with Crippen LogP contribution in [-0.2, 0) is 0 Å². The van der Waals surface area contributed by atoms with Crippen molar-refractivity contribution >= 4 is 33.4 Å². The van der Waals surface area contributed by atoms with E-state index in [1.54, 1.807) is 12.1 Å². The second-order valence-corrected chi connectivity index (χ2v) is 6.33. The summed E-state index contributed by atoms with van der Waals surface area (Å²) in [6, 6.07) is 5.35. The van der Waals surface area contributed by atoms with Crippen LogP contribution in [0.5, 0.6) is 0 Å². The molecule has 0 heterocycles. The number of hydrogen-bond donors (Lipinski definition) is 2. The molecule has 1 aliphatic rings. The van der Waals surface area contributed by atoms with Gasteiger partial charge in [0.2, 0.25) is 0 Å². The molecule has 5 heteroatoms. The van der Waals surface area contributed by atoms with Gasteiger partial charge in [-0.3, -0.25) is 4.79 Å². The van der Waals surface area contributed by atoms with Gasteiger partial charge in [0, 0.05) is 16.6 Å². The molecular weight excluding hydrogens is 328 g/mol. The summed E-state index contributed by atoms with van der Waals surface area (Å²) >= 11 is 9.42. The third kappa shape index (κ3) is 3.94. The van der Waals surface area contributed by atoms with Crippen molar-refractivity contribution in [1.82, 2.24) is 5.32 Å². The Morgan fingerprint density at radius 1 is 1.32 bits per heavy atom. The second-order valence-electron chi connectivity index (χ2n) is 5.01. The van der Waals surface area contributed by atoms with Crippen molar-refractivity contribution in [3.63, 3.8) is 0 Å². The molecule has 0 radical (unpaired) electrons. The van der Waals surface area contributed by atoms with Crippen LogP contribution < -0.4 is 11.1 Å². The fraction of sp³-hybridized carbons (Fsp3) is 0.500. The first kappa shape index (κ1) is 14.8. The van der Waals surface area contributed by atoms with Gasteiger partial charge in [-0.25, -0.2) is 0 Å². The van der Waals surface area contributed by atoms with Gasteiger partial charge in [0.15, 0.2) is 0 Å². The minimum atomic E-state index is -0.145. The number of amides is 1. The lowest BCUT2D eigenvalue weighted by molar-refractivity contribution is 0.0929. The van der Waals surface area contributed by atoms with Crippen LogP contribution >= 0.6 is 27.5 Å². The standard InChI is InChI=1S/C14H18BrClN2O/c15-9-6-7-11(16)10(8-9)14(19)18-13-5-3-1-2-4-12(13)17/h6-8,12-13H,1-5,17H2,(H,18,19). The van der Waals surface area contributed by atoms with Crippen LogP contribution in [0.2, 0.25) is 5.02 Å². The number of nitrogens with two attached hydrogens (primary N) is 1. The number of halogens is 2. The van der Waals surface area contributed by atoms with Gasteiger partial charge in [-0.2, -0.15) is 0 Å². The summed E-state index contributed by atoms with van der Waals surface area (Å²) in [5, 5.41) is 3.48. The Morgan fingerprint density at radius 2 is 2.05 bits per heavy atom. The van der Waals surface area contributed by atoms with Gasteiger partial charge in [-0.05, 0) is 31.0 Å². The maximum atomic E-state index is 12.3. The topological polar surface area (TPSA) is 55.1 Å². The summed E-state index contributed by atoms with van der Waals surface area (Å²) < 4.78 is 0.840. The molecule has 3 N–H and O–H groups in total. The van der Waals surface area contributed by atoms with E-state index in [1.807, 2.05) is 6.07 Å². The van der Waals surface area contributed by atoms with Crippen LogP contribution in [0.15, 0.2) is 22.7 Å². The quantitative estimate of drug-likeness (QED) is 0.806. The monoisotopic (exact) mass is 344 g/mol. The normalized spacial score (nSPS) is 23.7. The largest absolute Gasteiger partial charge is 0.348 e. The van der Waals surface area contributed by atoms with Crippen molar-refractivity contribution in [1.29, 1.82) is 0 Å². The molecule has 19 heavy (non-hydrogen) atoms. The summed E-state index contributed by atoms with van der Waals surface area (Å²) in [4.78, 5) is 12.3. The van der Waals surface area contributed by atoms with Crippen LogP contribution in [0, 0.1) is 0 Å². The third-order valence-corrected chi connectivity index (χ3v) is 4.38. The molecule has 1 aliphatic carbocycles. The van der Waals surface area contributed by atoms with Crippen molar-refractivity contribution in [2.45, 2.75) is 44.2 Å². The SMILES string of the molecule is NC1CCCCCC1NC(=O)c1cc(Br)ccc1Cl. The number of carbonyl (C=O) groups is 1. The van der Waals surface area contributed by atoms with Crippen molar-refractivity contribution in [3.8, 4) is 0 Å². The molecular formula is C14H18BrClN2O. The Balaban J connectivity index is 2.09. The zero-order valence-electron chi connectivity index (χ0n) is 10.7. The molecule has 2 unspecified atom stereocenters. The zero-order chi connectivity index (χ0) is 13.8. The smallest absolute Gasteiger partial charge is 0.253 e. The van der Waals surface area contributed by atoms with Crippen LogP contribution in [0.4, 0.5) is 0 Å². The highest BCUT2D eigenvalue weighted by Crippen LogP contribution is 2.22. The van der Waals surface area contributed by atoms with Gasteiger partial charge in [0.1, 0.15) is 0 Å². The molecule has 1 fully saturated rings. The molecule has 2 atom stereocenters. The average molecular weight is 346 g/mol. The van der Waals surface area contributed by atoms with E-state index in [0.717, 1.165) is 30.2 Å². The van der Waals surface area contributed by atoms with Crippen molar-refractivity contribution in [2.75, 3.05) is 0 Å². The highest BCUT2D eigenvalue weighted by molar-refractivity contribution is 9.10. The molecule has 3 nitrogen and oxygen atoms in total. The molecule has 1 amide bonds. The average Bonchev–Trinajstić information content (AvgIpc) is 2.58. The fourth-order valence-electron chi connectivity index (χ4n) is 2.43. The van der Waals surface area contributed by atoms with Gasteiger partial charge < -0.3 is 11.1 Å². The third-order valence-electron chi connectivity index (χ3n) is 3.56. The Morgan fingerprint density at radius 3 is 2.84 bits per heavy atom. The number of benzene rings is 1. The van der Waals surface area contributed by atoms with Gasteiger partial charge in [0.25, 0.3) is 5.91 Å². The second kappa shape index (κ2) is 6.73. The summed E-state index contributed by atoms with van der Waals surface area (Å²) in [6.45, 7) is 0. The minimum Gasteiger partial charge on any atom is -0.348 e. The molecule has 0 saturated heterocycles. The van der Waals surface area contributed by atoms with Gasteiger partial charge >= 0.3 is 0 Å². The predicted molar refractivity (Wildman–Crippen MR) is 81.5 cm³/mol. The molecule has 1 saturated carbocycles. The van der Waals surface area contributed by atoms with Crippen molar-refractivity contribution in [3.05, 3.63) is 33.3 Å². The Bertz CT molecular complexity index is 467. The number of nitrogens with one attached hydrogen (secondary N) is 1. The number of rotatable bonds is 2. The van der Waals surface area contributed by atoms with E-state index >= 15 is 0 Å². The summed E-state index contributed by atoms with van der Waals surface area (Å²) in [5.41, 5.74) is 6.61. The molecule has 0 aromatic heterocycles. The van der Waals surface area contributed by atoms with Crippen molar-refractivity contribution < 1.29 is 4.79 Å². The molecule has 1 aromatic carbocycles. The Hall–Kier alpha value is -0.580. The Labute approximate surface area is 127 Å². The summed E-state index contributed by atoms with van der Waals surface area (Å²) in [5.74, 6) is -0.145. The lowest BCUT2D eigenvalue weighted by atomic mass is 10.0. The first-order valence-electron chi connectivity index (χ1n) is 6.59. The van der Waals surface area contributed by atoms with Crippen LogP contribution in [-0.4, -0.2) is 18.0 Å². The lowest BCUT2D eigenvalue weighted by Crippen LogP contribution is -2.47. The van der Waals surface area contributed by atoms with E-state index < -0.39 is 0 Å². The van der Waals surface area contributed by atoms with Gasteiger partial charge in [-0.1, -0.05) is 46.8 Å². The van der Waals surface area contributed by atoms with E-state index in [-0.39, 0.29) is 18.0 Å². The van der Waals surface area contributed by atoms with E-state index in [9.17, 15) is 4.79 Å². The first-order chi connectivity index (χ1) is 9.08. The number of hydrogen-bond acceptors (Lipinski definition) is 2. The number of carbonyl (C=O) groups excluding carboxylic acids is 1.